The first kappa shape index (κ1) is 18.5. The number of amides is 2. The first-order valence-corrected chi connectivity index (χ1v) is 8.69. The molecule has 130 valence electrons. The van der Waals surface area contributed by atoms with Gasteiger partial charge in [-0.1, -0.05) is 12.1 Å². The molecule has 1 atom stereocenters. The number of hydrogen-bond donors (Lipinski definition) is 2. The van der Waals surface area contributed by atoms with Crippen LogP contribution in [-0.4, -0.2) is 30.1 Å². The van der Waals surface area contributed by atoms with Gasteiger partial charge in [0.05, 0.1) is 5.56 Å². The zero-order valence-electron chi connectivity index (χ0n) is 13.8. The van der Waals surface area contributed by atoms with Crippen LogP contribution in [0.25, 0.3) is 0 Å². The number of hydrogen-bond acceptors (Lipinski definition) is 5. The van der Waals surface area contributed by atoms with Gasteiger partial charge < -0.3 is 15.8 Å². The van der Waals surface area contributed by atoms with E-state index in [9.17, 15) is 14.4 Å². The lowest BCUT2D eigenvalue weighted by Gasteiger charge is -2.14. The second-order valence-corrected chi connectivity index (χ2v) is 6.03. The number of nitrogens with one attached hydrogen (secondary N) is 1. The summed E-state index contributed by atoms with van der Waals surface area (Å²) in [7, 11) is 0. The highest BCUT2D eigenvalue weighted by Crippen LogP contribution is 2.21. The highest BCUT2D eigenvalue weighted by Gasteiger charge is 2.20. The maximum atomic E-state index is 12.2. The Morgan fingerprint density at radius 2 is 1.72 bits per heavy atom. The fourth-order valence-electron chi connectivity index (χ4n) is 2.05. The number of benzene rings is 2. The molecule has 0 aliphatic carbocycles. The van der Waals surface area contributed by atoms with E-state index in [-0.39, 0.29) is 0 Å². The maximum Gasteiger partial charge on any atom is 0.340 e. The molecule has 0 saturated carbocycles. The van der Waals surface area contributed by atoms with Gasteiger partial charge >= 0.3 is 5.97 Å². The van der Waals surface area contributed by atoms with E-state index in [0.717, 1.165) is 4.90 Å². The molecule has 25 heavy (non-hydrogen) atoms. The fourth-order valence-corrected chi connectivity index (χ4v) is 2.64. The van der Waals surface area contributed by atoms with Crippen LogP contribution in [0.1, 0.15) is 27.6 Å². The summed E-state index contributed by atoms with van der Waals surface area (Å²) in [4.78, 5) is 36.2. The van der Waals surface area contributed by atoms with Crippen LogP contribution in [0.3, 0.4) is 0 Å². The minimum atomic E-state index is -0.974. The number of ether oxygens (including phenoxy) is 1. The number of thioether (sulfide) groups is 1. The summed E-state index contributed by atoms with van der Waals surface area (Å²) in [6, 6.07) is 13.1. The molecule has 0 bridgehead atoms. The molecule has 0 aromatic heterocycles. The lowest BCUT2D eigenvalue weighted by molar-refractivity contribution is -0.123. The second kappa shape index (κ2) is 8.34. The number of rotatable bonds is 6. The predicted octanol–water partition coefficient (Wildman–Crippen LogP) is 2.69. The predicted molar refractivity (Wildman–Crippen MR) is 96.7 cm³/mol. The van der Waals surface area contributed by atoms with Crippen LogP contribution < -0.4 is 11.1 Å². The fraction of sp³-hybridized carbons (Fsp3) is 0.167. The number of carbonyl (C=O) groups excluding carboxylic acids is 3. The third-order valence-electron chi connectivity index (χ3n) is 3.42. The summed E-state index contributed by atoms with van der Waals surface area (Å²) in [5.74, 6) is -1.58. The molecular weight excluding hydrogens is 340 g/mol. The summed E-state index contributed by atoms with van der Waals surface area (Å²) in [6.07, 6.45) is 0.885. The average Bonchev–Trinajstić information content (AvgIpc) is 2.61. The Kier molecular flexibility index (Phi) is 6.19. The van der Waals surface area contributed by atoms with E-state index in [1.54, 1.807) is 24.3 Å². The zero-order chi connectivity index (χ0) is 18.4. The van der Waals surface area contributed by atoms with Gasteiger partial charge in [-0.2, -0.15) is 0 Å². The zero-order valence-corrected chi connectivity index (χ0v) is 14.6. The first-order chi connectivity index (χ1) is 11.9. The molecular formula is C18H18N2O4S. The summed E-state index contributed by atoms with van der Waals surface area (Å²) < 4.78 is 5.24. The number of esters is 1. The molecule has 2 amide bonds. The Morgan fingerprint density at radius 1 is 1.08 bits per heavy atom. The van der Waals surface area contributed by atoms with Crippen LogP contribution in [0, 0.1) is 0 Å². The highest BCUT2D eigenvalue weighted by atomic mass is 32.2. The Labute approximate surface area is 149 Å². The molecule has 3 N–H and O–H groups in total. The van der Waals surface area contributed by atoms with Crippen LogP contribution >= 0.6 is 11.8 Å². The lowest BCUT2D eigenvalue weighted by atomic mass is 10.2. The van der Waals surface area contributed by atoms with Crippen molar-refractivity contribution in [3.05, 3.63) is 59.7 Å². The number of nitrogens with two attached hydrogens (primary N) is 1. The van der Waals surface area contributed by atoms with Crippen molar-refractivity contribution in [3.8, 4) is 0 Å². The van der Waals surface area contributed by atoms with E-state index in [1.807, 2.05) is 18.4 Å². The van der Waals surface area contributed by atoms with Crippen LogP contribution in [0.2, 0.25) is 0 Å². The largest absolute Gasteiger partial charge is 0.449 e. The molecule has 2 rings (SSSR count). The van der Waals surface area contributed by atoms with Gasteiger partial charge in [-0.25, -0.2) is 4.79 Å². The minimum absolute atomic E-state index is 0.339. The van der Waals surface area contributed by atoms with Crippen molar-refractivity contribution in [1.29, 1.82) is 0 Å². The van der Waals surface area contributed by atoms with E-state index in [0.29, 0.717) is 16.8 Å². The van der Waals surface area contributed by atoms with E-state index in [4.69, 9.17) is 10.5 Å². The van der Waals surface area contributed by atoms with E-state index in [2.05, 4.69) is 5.32 Å². The third kappa shape index (κ3) is 4.84. The number of anilines is 1. The summed E-state index contributed by atoms with van der Waals surface area (Å²) in [6.45, 7) is 1.49. The summed E-state index contributed by atoms with van der Waals surface area (Å²) in [5.41, 5.74) is 6.39. The Balaban J connectivity index is 2.00. The van der Waals surface area contributed by atoms with Crippen molar-refractivity contribution in [1.82, 2.24) is 0 Å². The molecule has 0 spiro atoms. The van der Waals surface area contributed by atoms with Crippen molar-refractivity contribution < 1.29 is 19.1 Å². The van der Waals surface area contributed by atoms with Crippen molar-refractivity contribution in [3.63, 3.8) is 0 Å². The number of primary amides is 1. The van der Waals surface area contributed by atoms with Crippen LogP contribution in [0.15, 0.2) is 53.4 Å². The molecule has 0 saturated heterocycles. The van der Waals surface area contributed by atoms with Crippen LogP contribution in [0.4, 0.5) is 5.69 Å². The Bertz CT molecular complexity index is 790. The first-order valence-electron chi connectivity index (χ1n) is 7.47. The van der Waals surface area contributed by atoms with E-state index in [1.165, 1.54) is 30.8 Å². The molecule has 2 aromatic carbocycles. The highest BCUT2D eigenvalue weighted by molar-refractivity contribution is 7.98. The van der Waals surface area contributed by atoms with Gasteiger partial charge in [-0.3, -0.25) is 9.59 Å². The molecule has 0 aliphatic heterocycles. The van der Waals surface area contributed by atoms with Gasteiger partial charge in [-0.15, -0.1) is 11.8 Å². The molecule has 0 aliphatic rings. The van der Waals surface area contributed by atoms with Crippen molar-refractivity contribution in [2.45, 2.75) is 17.9 Å². The average molecular weight is 358 g/mol. The smallest absolute Gasteiger partial charge is 0.340 e. The number of carbonyl (C=O) groups is 3. The van der Waals surface area contributed by atoms with Gasteiger partial charge in [0.15, 0.2) is 6.10 Å². The van der Waals surface area contributed by atoms with Crippen LogP contribution in [-0.2, 0) is 9.53 Å². The van der Waals surface area contributed by atoms with Crippen LogP contribution in [0.5, 0.6) is 0 Å². The molecule has 0 radical (unpaired) electrons. The standard InChI is InChI=1S/C18H18N2O4S/c1-11(24-18(23)14-5-3-4-6-15(14)25-2)17(22)20-13-9-7-12(8-10-13)16(19)21/h3-11H,1-2H3,(H2,19,21)(H,20,22). The SMILES string of the molecule is CSc1ccccc1C(=O)OC(C)C(=O)Nc1ccc(C(N)=O)cc1. The normalized spacial score (nSPS) is 11.4. The van der Waals surface area contributed by atoms with Crippen molar-refractivity contribution >= 4 is 35.2 Å². The Hall–Kier alpha value is -2.80. The maximum absolute atomic E-state index is 12.2. The second-order valence-electron chi connectivity index (χ2n) is 5.18. The van der Waals surface area contributed by atoms with E-state index < -0.39 is 23.9 Å². The topological polar surface area (TPSA) is 98.5 Å². The van der Waals surface area contributed by atoms with Crippen molar-refractivity contribution in [2.75, 3.05) is 11.6 Å². The van der Waals surface area contributed by atoms with Gasteiger partial charge in [-0.05, 0) is 49.6 Å². The molecule has 7 heteroatoms. The summed E-state index contributed by atoms with van der Waals surface area (Å²) in [5, 5.41) is 2.62. The monoisotopic (exact) mass is 358 g/mol. The molecule has 1 unspecified atom stereocenters. The minimum Gasteiger partial charge on any atom is -0.449 e. The molecule has 6 nitrogen and oxygen atoms in total. The van der Waals surface area contributed by atoms with Gasteiger partial charge in [0.1, 0.15) is 0 Å². The quantitative estimate of drug-likeness (QED) is 0.611. The molecule has 2 aromatic rings. The summed E-state index contributed by atoms with van der Waals surface area (Å²) >= 11 is 1.43. The third-order valence-corrected chi connectivity index (χ3v) is 4.21. The molecule has 0 fully saturated rings. The van der Waals surface area contributed by atoms with E-state index >= 15 is 0 Å². The Morgan fingerprint density at radius 3 is 2.32 bits per heavy atom. The van der Waals surface area contributed by atoms with Gasteiger partial charge in [0, 0.05) is 16.1 Å². The molecule has 0 heterocycles. The van der Waals surface area contributed by atoms with Gasteiger partial charge in [0.25, 0.3) is 5.91 Å². The lowest BCUT2D eigenvalue weighted by Crippen LogP contribution is -2.30. The van der Waals surface area contributed by atoms with Crippen molar-refractivity contribution in [2.24, 2.45) is 5.73 Å². The van der Waals surface area contributed by atoms with Gasteiger partial charge in [0.2, 0.25) is 5.91 Å².